The van der Waals surface area contributed by atoms with E-state index in [4.69, 9.17) is 4.52 Å². The van der Waals surface area contributed by atoms with Crippen molar-refractivity contribution in [2.45, 2.75) is 18.8 Å². The third kappa shape index (κ3) is 3.15. The number of aromatic nitrogens is 4. The molecule has 0 atom stereocenters. The van der Waals surface area contributed by atoms with Crippen LogP contribution in [0.25, 0.3) is 22.0 Å². The molecule has 0 saturated heterocycles. The molecule has 0 aliphatic heterocycles. The Labute approximate surface area is 158 Å². The van der Waals surface area contributed by atoms with Crippen LogP contribution in [0.4, 0.5) is 5.69 Å². The fourth-order valence-electron chi connectivity index (χ4n) is 2.79. The molecule has 1 fully saturated rings. The molecule has 3 aromatic heterocycles. The van der Waals surface area contributed by atoms with E-state index in [1.807, 2.05) is 41.8 Å². The molecule has 0 spiro atoms. The monoisotopic (exact) mass is 377 g/mol. The van der Waals surface area contributed by atoms with Gasteiger partial charge < -0.3 is 9.84 Å². The molecule has 0 radical (unpaired) electrons. The summed E-state index contributed by atoms with van der Waals surface area (Å²) in [5.41, 5.74) is 2.70. The van der Waals surface area contributed by atoms with E-state index in [1.165, 1.54) is 11.3 Å². The molecule has 27 heavy (non-hydrogen) atoms. The second-order valence-electron chi connectivity index (χ2n) is 6.38. The van der Waals surface area contributed by atoms with Crippen LogP contribution < -0.4 is 5.32 Å². The number of anilines is 1. The highest BCUT2D eigenvalue weighted by Gasteiger charge is 2.29. The minimum absolute atomic E-state index is 0.272. The van der Waals surface area contributed by atoms with Gasteiger partial charge in [0.25, 0.3) is 11.8 Å². The number of carbonyl (C=O) groups is 1. The minimum Gasteiger partial charge on any atom is -0.333 e. The Bertz CT molecular complexity index is 1090. The van der Waals surface area contributed by atoms with Gasteiger partial charge in [0.05, 0.1) is 11.4 Å². The largest absolute Gasteiger partial charge is 0.333 e. The van der Waals surface area contributed by atoms with E-state index >= 15 is 0 Å². The van der Waals surface area contributed by atoms with Gasteiger partial charge in [0.15, 0.2) is 5.82 Å². The third-order valence-corrected chi connectivity index (χ3v) is 5.29. The second kappa shape index (κ2) is 6.48. The average Bonchev–Trinajstić information content (AvgIpc) is 3.11. The van der Waals surface area contributed by atoms with Crippen molar-refractivity contribution >= 4 is 22.9 Å². The molecule has 7 nitrogen and oxygen atoms in total. The smallest absolute Gasteiger partial charge is 0.273 e. The zero-order valence-electron chi connectivity index (χ0n) is 14.2. The lowest BCUT2D eigenvalue weighted by Crippen LogP contribution is -2.12. The Morgan fingerprint density at radius 2 is 2.07 bits per heavy atom. The van der Waals surface area contributed by atoms with Crippen molar-refractivity contribution < 1.29 is 9.32 Å². The van der Waals surface area contributed by atoms with Crippen LogP contribution in [0, 0.1) is 0 Å². The van der Waals surface area contributed by atoms with E-state index in [0.29, 0.717) is 23.2 Å². The summed E-state index contributed by atoms with van der Waals surface area (Å²) in [7, 11) is 0. The van der Waals surface area contributed by atoms with Crippen LogP contribution >= 0.6 is 11.3 Å². The molecule has 1 amide bonds. The van der Waals surface area contributed by atoms with Gasteiger partial charge in [-0.25, -0.2) is 0 Å². The van der Waals surface area contributed by atoms with Crippen molar-refractivity contribution in [2.75, 3.05) is 5.32 Å². The highest BCUT2D eigenvalue weighted by atomic mass is 32.1. The van der Waals surface area contributed by atoms with Crippen LogP contribution in [0.5, 0.6) is 0 Å². The first kappa shape index (κ1) is 16.0. The number of nitrogens with zero attached hydrogens (tertiary/aromatic N) is 3. The number of benzene rings is 1. The van der Waals surface area contributed by atoms with E-state index in [-0.39, 0.29) is 5.91 Å². The van der Waals surface area contributed by atoms with Crippen LogP contribution in [0.2, 0.25) is 0 Å². The maximum Gasteiger partial charge on any atom is 0.273 e. The number of nitrogens with one attached hydrogen (secondary N) is 2. The summed E-state index contributed by atoms with van der Waals surface area (Å²) >= 11 is 1.45. The van der Waals surface area contributed by atoms with Crippen molar-refractivity contribution in [1.29, 1.82) is 0 Å². The Balaban J connectivity index is 1.36. The molecule has 1 aromatic carbocycles. The van der Waals surface area contributed by atoms with Crippen LogP contribution in [-0.4, -0.2) is 26.2 Å². The molecule has 8 heteroatoms. The number of hydrogen-bond donors (Lipinski definition) is 2. The maximum atomic E-state index is 12.6. The molecule has 134 valence electrons. The normalized spacial score (nSPS) is 13.6. The topological polar surface area (TPSA) is 96.7 Å². The first-order valence-electron chi connectivity index (χ1n) is 8.61. The summed E-state index contributed by atoms with van der Waals surface area (Å²) in [5.74, 6) is 1.33. The summed E-state index contributed by atoms with van der Waals surface area (Å²) in [6.07, 6.45) is 2.22. The number of thiophene rings is 1. The fourth-order valence-corrected chi connectivity index (χ4v) is 3.56. The second-order valence-corrected chi connectivity index (χ2v) is 7.30. The lowest BCUT2D eigenvalue weighted by molar-refractivity contribution is 0.102. The summed E-state index contributed by atoms with van der Waals surface area (Å²) in [5, 5.41) is 15.8. The lowest BCUT2D eigenvalue weighted by Gasteiger charge is -2.02. The van der Waals surface area contributed by atoms with Gasteiger partial charge in [0.1, 0.15) is 10.6 Å². The number of carbonyl (C=O) groups excluding carboxylic acids is 1. The Morgan fingerprint density at radius 3 is 2.89 bits per heavy atom. The van der Waals surface area contributed by atoms with E-state index in [1.54, 1.807) is 6.07 Å². The van der Waals surface area contributed by atoms with Crippen molar-refractivity contribution in [3.05, 3.63) is 59.4 Å². The minimum atomic E-state index is -0.272. The van der Waals surface area contributed by atoms with Gasteiger partial charge in [-0.2, -0.15) is 10.1 Å². The molecule has 1 aliphatic carbocycles. The number of rotatable bonds is 5. The quantitative estimate of drug-likeness (QED) is 0.540. The van der Waals surface area contributed by atoms with Gasteiger partial charge >= 0.3 is 0 Å². The number of hydrogen-bond acceptors (Lipinski definition) is 6. The molecule has 0 bridgehead atoms. The van der Waals surface area contributed by atoms with Crippen molar-refractivity contribution in [3.8, 4) is 22.0 Å². The maximum absolute atomic E-state index is 12.6. The first-order valence-corrected chi connectivity index (χ1v) is 9.49. The predicted molar refractivity (Wildman–Crippen MR) is 102 cm³/mol. The Kier molecular flexibility index (Phi) is 3.83. The van der Waals surface area contributed by atoms with Crippen molar-refractivity contribution in [3.63, 3.8) is 0 Å². The van der Waals surface area contributed by atoms with Crippen molar-refractivity contribution in [2.24, 2.45) is 0 Å². The molecule has 0 unspecified atom stereocenters. The van der Waals surface area contributed by atoms with Gasteiger partial charge in [-0.1, -0.05) is 35.5 Å². The molecule has 2 N–H and O–H groups in total. The average molecular weight is 377 g/mol. The van der Waals surface area contributed by atoms with E-state index in [0.717, 1.165) is 34.8 Å². The highest BCUT2D eigenvalue weighted by molar-refractivity contribution is 7.14. The SMILES string of the molecule is O=C(Nc1ccsc1-c1nc(C2CC2)no1)c1cc(-c2ccccc2)n[nH]1. The zero-order chi connectivity index (χ0) is 18.2. The Morgan fingerprint density at radius 1 is 1.22 bits per heavy atom. The van der Waals surface area contributed by atoms with Crippen molar-refractivity contribution in [1.82, 2.24) is 20.3 Å². The molecule has 1 saturated carbocycles. The van der Waals surface area contributed by atoms with E-state index < -0.39 is 0 Å². The zero-order valence-corrected chi connectivity index (χ0v) is 15.0. The fraction of sp³-hybridized carbons (Fsp3) is 0.158. The van der Waals surface area contributed by atoms with Gasteiger partial charge in [-0.05, 0) is 30.4 Å². The Hall–Kier alpha value is -3.26. The van der Waals surface area contributed by atoms with Gasteiger partial charge in [0, 0.05) is 11.5 Å². The van der Waals surface area contributed by atoms with Crippen LogP contribution in [-0.2, 0) is 0 Å². The molecule has 5 rings (SSSR count). The third-order valence-electron chi connectivity index (χ3n) is 4.38. The summed E-state index contributed by atoms with van der Waals surface area (Å²) in [4.78, 5) is 17.8. The van der Waals surface area contributed by atoms with Crippen LogP contribution in [0.15, 0.2) is 52.4 Å². The predicted octanol–water partition coefficient (Wildman–Crippen LogP) is 4.32. The molecular weight excluding hydrogens is 362 g/mol. The van der Waals surface area contributed by atoms with E-state index in [9.17, 15) is 4.79 Å². The summed E-state index contributed by atoms with van der Waals surface area (Å²) in [6.45, 7) is 0. The molecule has 3 heterocycles. The molecule has 4 aromatic rings. The number of H-pyrrole nitrogens is 1. The highest BCUT2D eigenvalue weighted by Crippen LogP contribution is 2.40. The summed E-state index contributed by atoms with van der Waals surface area (Å²) in [6, 6.07) is 13.3. The van der Waals surface area contributed by atoms with Crippen LogP contribution in [0.1, 0.15) is 35.1 Å². The summed E-state index contributed by atoms with van der Waals surface area (Å²) < 4.78 is 5.38. The van der Waals surface area contributed by atoms with E-state index in [2.05, 4.69) is 25.7 Å². The van der Waals surface area contributed by atoms with Gasteiger partial charge in [-0.3, -0.25) is 9.89 Å². The lowest BCUT2D eigenvalue weighted by atomic mass is 10.1. The molecule has 1 aliphatic rings. The first-order chi connectivity index (χ1) is 13.3. The van der Waals surface area contributed by atoms with Gasteiger partial charge in [0.2, 0.25) is 0 Å². The molecular formula is C19H15N5O2S. The standard InChI is InChI=1S/C19H15N5O2S/c25-18(15-10-14(22-23-15)11-4-2-1-3-5-11)20-13-8-9-27-16(13)19-21-17(24-26-19)12-6-7-12/h1-5,8-10,12H,6-7H2,(H,20,25)(H,22,23). The number of amides is 1. The van der Waals surface area contributed by atoms with Gasteiger partial charge in [-0.15, -0.1) is 11.3 Å². The number of aromatic amines is 1. The van der Waals surface area contributed by atoms with Crippen LogP contribution in [0.3, 0.4) is 0 Å².